The fourth-order valence-electron chi connectivity index (χ4n) is 4.67. The number of hydrogen-bond acceptors (Lipinski definition) is 7. The third-order valence-electron chi connectivity index (χ3n) is 6.59. The Morgan fingerprint density at radius 2 is 1.82 bits per heavy atom. The van der Waals surface area contributed by atoms with Crippen LogP contribution in [0.15, 0.2) is 18.3 Å². The number of hydrogen-bond donors (Lipinski definition) is 4. The van der Waals surface area contributed by atoms with E-state index in [2.05, 4.69) is 20.6 Å². The zero-order chi connectivity index (χ0) is 24.0. The average Bonchev–Trinajstić information content (AvgIpc) is 3.12. The molecule has 0 saturated heterocycles. The molecule has 2 saturated carbocycles. The molecule has 34 heavy (non-hydrogen) atoms. The van der Waals surface area contributed by atoms with E-state index in [0.717, 1.165) is 0 Å². The van der Waals surface area contributed by atoms with Crippen molar-refractivity contribution in [3.63, 3.8) is 0 Å². The lowest BCUT2D eigenvalue weighted by atomic mass is 9.85. The van der Waals surface area contributed by atoms with E-state index in [1.165, 1.54) is 12.1 Å². The number of nitrogens with zero attached hydrogens (tertiary/aromatic N) is 4. The second kappa shape index (κ2) is 9.16. The molecule has 2 aromatic heterocycles. The molecule has 1 amide bonds. The zero-order valence-corrected chi connectivity index (χ0v) is 19.7. The summed E-state index contributed by atoms with van der Waals surface area (Å²) in [4.78, 5) is 25.4. The number of nitrogens with two attached hydrogens (primary N) is 1. The Bertz CT molecular complexity index is 1220. The molecule has 0 radical (unpaired) electrons. The zero-order valence-electron chi connectivity index (χ0n) is 18.1. The van der Waals surface area contributed by atoms with E-state index < -0.39 is 5.82 Å². The Kier molecular flexibility index (Phi) is 6.22. The van der Waals surface area contributed by atoms with Crippen LogP contribution >= 0.6 is 23.2 Å². The van der Waals surface area contributed by atoms with E-state index in [4.69, 9.17) is 33.9 Å². The van der Waals surface area contributed by atoms with E-state index in [9.17, 15) is 14.3 Å². The standard InChI is InChI=1S/C22H24Cl2FN7O2/c23-15-5-11(25)6-16(24)18(15)30-22-29-17-9-27-21(28-12-7-14(33)8-12)31-20(17)32(22)13-3-1-10(2-4-13)19(26)34/h5-6,9-10,12-14,33H,1-4,7-8H2,(H2,26,34)(H,29,30)(H,27,28,31)/t10-,12-,13+,14-. The first-order valence-electron chi connectivity index (χ1n) is 11.2. The van der Waals surface area contributed by atoms with Crippen LogP contribution in [0.2, 0.25) is 10.0 Å². The van der Waals surface area contributed by atoms with Crippen molar-refractivity contribution in [1.82, 2.24) is 19.5 Å². The number of amides is 1. The van der Waals surface area contributed by atoms with Crippen LogP contribution in [0.5, 0.6) is 0 Å². The van der Waals surface area contributed by atoms with Gasteiger partial charge in [0.25, 0.3) is 0 Å². The fraction of sp³-hybridized carbons (Fsp3) is 0.455. The van der Waals surface area contributed by atoms with Gasteiger partial charge in [-0.15, -0.1) is 0 Å². The lowest BCUT2D eigenvalue weighted by Gasteiger charge is -2.32. The van der Waals surface area contributed by atoms with E-state index in [-0.39, 0.29) is 40.1 Å². The molecule has 0 aliphatic heterocycles. The Morgan fingerprint density at radius 1 is 1.15 bits per heavy atom. The van der Waals surface area contributed by atoms with Crippen molar-refractivity contribution >= 4 is 57.9 Å². The van der Waals surface area contributed by atoms with Gasteiger partial charge in [-0.3, -0.25) is 9.36 Å². The molecule has 2 aliphatic rings. The van der Waals surface area contributed by atoms with Crippen LogP contribution in [0.4, 0.5) is 22.0 Å². The predicted octanol–water partition coefficient (Wildman–Crippen LogP) is 4.17. The summed E-state index contributed by atoms with van der Waals surface area (Å²) in [5.41, 5.74) is 7.02. The summed E-state index contributed by atoms with van der Waals surface area (Å²) < 4.78 is 15.7. The van der Waals surface area contributed by atoms with Gasteiger partial charge in [-0.25, -0.2) is 14.4 Å². The van der Waals surface area contributed by atoms with Crippen molar-refractivity contribution in [3.05, 3.63) is 34.2 Å². The minimum Gasteiger partial charge on any atom is -0.393 e. The number of aromatic nitrogens is 4. The first-order chi connectivity index (χ1) is 16.3. The number of anilines is 3. The summed E-state index contributed by atoms with van der Waals surface area (Å²) in [6.45, 7) is 0. The number of carbonyl (C=O) groups is 1. The van der Waals surface area contributed by atoms with Crippen molar-refractivity contribution in [2.45, 2.75) is 56.7 Å². The molecule has 0 atom stereocenters. The first-order valence-corrected chi connectivity index (χ1v) is 11.9. The smallest absolute Gasteiger partial charge is 0.224 e. The number of benzene rings is 1. The highest BCUT2D eigenvalue weighted by Crippen LogP contribution is 2.39. The van der Waals surface area contributed by atoms with Crippen molar-refractivity contribution in [2.24, 2.45) is 11.7 Å². The molecule has 1 aromatic carbocycles. The van der Waals surface area contributed by atoms with Gasteiger partial charge in [0, 0.05) is 18.0 Å². The van der Waals surface area contributed by atoms with Crippen LogP contribution in [0.1, 0.15) is 44.6 Å². The molecule has 2 aliphatic carbocycles. The highest BCUT2D eigenvalue weighted by atomic mass is 35.5. The maximum absolute atomic E-state index is 13.7. The number of halogens is 3. The van der Waals surface area contributed by atoms with Crippen LogP contribution < -0.4 is 16.4 Å². The molecule has 2 heterocycles. The number of nitrogens with one attached hydrogen (secondary N) is 2. The van der Waals surface area contributed by atoms with Gasteiger partial charge in [0.2, 0.25) is 17.8 Å². The summed E-state index contributed by atoms with van der Waals surface area (Å²) in [5.74, 6) is -0.0882. The Morgan fingerprint density at radius 3 is 2.44 bits per heavy atom. The van der Waals surface area contributed by atoms with Gasteiger partial charge in [0.1, 0.15) is 11.3 Å². The van der Waals surface area contributed by atoms with Crippen LogP contribution in [0.25, 0.3) is 11.2 Å². The lowest BCUT2D eigenvalue weighted by molar-refractivity contribution is -0.122. The summed E-state index contributed by atoms with van der Waals surface area (Å²) in [7, 11) is 0. The second-order valence-electron chi connectivity index (χ2n) is 8.95. The molecule has 180 valence electrons. The van der Waals surface area contributed by atoms with Crippen LogP contribution in [0, 0.1) is 11.7 Å². The maximum Gasteiger partial charge on any atom is 0.224 e. The van der Waals surface area contributed by atoms with E-state index >= 15 is 0 Å². The number of carbonyl (C=O) groups excluding carboxylic acids is 1. The average molecular weight is 508 g/mol. The Hall–Kier alpha value is -2.69. The monoisotopic (exact) mass is 507 g/mol. The third-order valence-corrected chi connectivity index (χ3v) is 7.18. The summed E-state index contributed by atoms with van der Waals surface area (Å²) in [6.07, 6.45) is 5.36. The number of aliphatic hydroxyl groups is 1. The maximum atomic E-state index is 13.7. The molecule has 5 rings (SSSR count). The van der Waals surface area contributed by atoms with Crippen molar-refractivity contribution in [1.29, 1.82) is 0 Å². The Balaban J connectivity index is 1.52. The number of primary amides is 1. The van der Waals surface area contributed by atoms with E-state index in [0.29, 0.717) is 67.3 Å². The highest BCUT2D eigenvalue weighted by Gasteiger charge is 2.31. The van der Waals surface area contributed by atoms with Crippen molar-refractivity contribution in [2.75, 3.05) is 10.6 Å². The molecule has 9 nitrogen and oxygen atoms in total. The molecular weight excluding hydrogens is 484 g/mol. The van der Waals surface area contributed by atoms with Crippen molar-refractivity contribution in [3.8, 4) is 0 Å². The molecule has 0 spiro atoms. The molecule has 0 bridgehead atoms. The largest absolute Gasteiger partial charge is 0.393 e. The number of aliphatic hydroxyl groups excluding tert-OH is 1. The number of fused-ring (bicyclic) bond motifs is 1. The van der Waals surface area contributed by atoms with Gasteiger partial charge in [-0.05, 0) is 50.7 Å². The van der Waals surface area contributed by atoms with Gasteiger partial charge in [0.15, 0.2) is 5.65 Å². The SMILES string of the molecule is NC(=O)[C@H]1CC[C@@H](n2c(Nc3c(Cl)cc(F)cc3Cl)nc3cnc(N[C@H]4C[C@H](O)C4)nc32)CC1. The lowest BCUT2D eigenvalue weighted by Crippen LogP contribution is -2.39. The van der Waals surface area contributed by atoms with E-state index in [1.54, 1.807) is 6.20 Å². The summed E-state index contributed by atoms with van der Waals surface area (Å²) in [5, 5.41) is 16.2. The Labute approximate surface area is 204 Å². The van der Waals surface area contributed by atoms with Crippen LogP contribution in [-0.4, -0.2) is 42.7 Å². The molecule has 12 heteroatoms. The minimum atomic E-state index is -0.540. The molecule has 5 N–H and O–H groups in total. The first kappa shape index (κ1) is 23.1. The predicted molar refractivity (Wildman–Crippen MR) is 128 cm³/mol. The van der Waals surface area contributed by atoms with Gasteiger partial charge in [-0.2, -0.15) is 4.98 Å². The number of imidazole rings is 1. The fourth-order valence-corrected chi connectivity index (χ4v) is 5.23. The van der Waals surface area contributed by atoms with Crippen LogP contribution in [-0.2, 0) is 4.79 Å². The topological polar surface area (TPSA) is 131 Å². The van der Waals surface area contributed by atoms with Gasteiger partial charge < -0.3 is 21.5 Å². The molecule has 2 fully saturated rings. The minimum absolute atomic E-state index is 0.00521. The van der Waals surface area contributed by atoms with Crippen LogP contribution in [0.3, 0.4) is 0 Å². The molecular formula is C22H24Cl2FN7O2. The van der Waals surface area contributed by atoms with Gasteiger partial charge in [0.05, 0.1) is 28.0 Å². The third kappa shape index (κ3) is 4.49. The summed E-state index contributed by atoms with van der Waals surface area (Å²) >= 11 is 12.5. The normalized spacial score (nSPS) is 24.6. The molecule has 0 unspecified atom stereocenters. The highest BCUT2D eigenvalue weighted by molar-refractivity contribution is 6.39. The van der Waals surface area contributed by atoms with Gasteiger partial charge >= 0.3 is 0 Å². The van der Waals surface area contributed by atoms with Gasteiger partial charge in [-0.1, -0.05) is 23.2 Å². The van der Waals surface area contributed by atoms with Crippen molar-refractivity contribution < 1.29 is 14.3 Å². The number of rotatable bonds is 6. The molecule has 3 aromatic rings. The second-order valence-corrected chi connectivity index (χ2v) is 9.77. The quantitative estimate of drug-likeness (QED) is 0.393. The summed E-state index contributed by atoms with van der Waals surface area (Å²) in [6, 6.07) is 2.46. The van der Waals surface area contributed by atoms with E-state index in [1.807, 2.05) is 4.57 Å².